The van der Waals surface area contributed by atoms with E-state index in [9.17, 15) is 9.90 Å². The largest absolute Gasteiger partial charge is 0.391 e. The molecule has 4 rings (SSSR count). The van der Waals surface area contributed by atoms with Crippen molar-refractivity contribution in [3.05, 3.63) is 83.7 Å². The molecule has 2 atom stereocenters. The Hall–Kier alpha value is -2.96. The second-order valence-electron chi connectivity index (χ2n) is 7.45. The maximum atomic E-state index is 12.1. The van der Waals surface area contributed by atoms with Crippen molar-refractivity contribution < 1.29 is 9.90 Å². The lowest BCUT2D eigenvalue weighted by molar-refractivity contribution is -0.124. The maximum absolute atomic E-state index is 12.1. The van der Waals surface area contributed by atoms with Gasteiger partial charge in [0.25, 0.3) is 0 Å². The number of aromatic nitrogens is 2. The van der Waals surface area contributed by atoms with Crippen LogP contribution in [0.25, 0.3) is 5.69 Å². The number of aliphatic hydroxyl groups excluding tert-OH is 1. The average Bonchev–Trinajstić information content (AvgIpc) is 3.41. The van der Waals surface area contributed by atoms with Gasteiger partial charge in [-0.25, -0.2) is 4.68 Å². The van der Waals surface area contributed by atoms with Crippen molar-refractivity contribution in [2.24, 2.45) is 0 Å². The normalized spacial score (nSPS) is 18.7. The molecule has 3 N–H and O–H groups in total. The number of hydrogen-bond acceptors (Lipinski definition) is 4. The number of hydrogen-bond donors (Lipinski definition) is 3. The summed E-state index contributed by atoms with van der Waals surface area (Å²) >= 11 is 0. The first-order valence-corrected chi connectivity index (χ1v) is 10.0. The minimum absolute atomic E-state index is 0.158. The molecule has 150 valence electrons. The fraction of sp³-hybridized carbons (Fsp3) is 0.304. The minimum atomic E-state index is -0.603. The third-order valence-corrected chi connectivity index (χ3v) is 5.32. The third kappa shape index (κ3) is 4.91. The number of aryl methyl sites for hydroxylation is 2. The summed E-state index contributed by atoms with van der Waals surface area (Å²) in [5.74, 6) is -0.158. The van der Waals surface area contributed by atoms with E-state index in [1.807, 2.05) is 41.2 Å². The van der Waals surface area contributed by atoms with Crippen molar-refractivity contribution in [2.45, 2.75) is 38.0 Å². The van der Waals surface area contributed by atoms with Crippen LogP contribution in [-0.2, 0) is 24.2 Å². The van der Waals surface area contributed by atoms with Crippen LogP contribution in [0.5, 0.6) is 0 Å². The molecule has 1 fully saturated rings. The summed E-state index contributed by atoms with van der Waals surface area (Å²) in [5.41, 5.74) is 4.52. The average molecular weight is 390 g/mol. The van der Waals surface area contributed by atoms with Crippen LogP contribution < -0.4 is 10.6 Å². The van der Waals surface area contributed by atoms with E-state index in [1.54, 1.807) is 0 Å². The summed E-state index contributed by atoms with van der Waals surface area (Å²) in [6.45, 7) is 1.11. The Morgan fingerprint density at radius 1 is 1.07 bits per heavy atom. The Morgan fingerprint density at radius 2 is 1.83 bits per heavy atom. The lowest BCUT2D eigenvalue weighted by Crippen LogP contribution is -2.45. The molecule has 1 aromatic heterocycles. The number of benzene rings is 2. The molecule has 1 amide bonds. The first-order valence-electron chi connectivity index (χ1n) is 10.0. The number of amides is 1. The van der Waals surface area contributed by atoms with E-state index in [-0.39, 0.29) is 5.91 Å². The van der Waals surface area contributed by atoms with E-state index in [0.717, 1.165) is 24.1 Å². The first-order chi connectivity index (χ1) is 14.2. The number of nitrogens with one attached hydrogen (secondary N) is 2. The zero-order valence-electron chi connectivity index (χ0n) is 16.3. The number of nitrogens with zero attached hydrogens (tertiary/aromatic N) is 2. The van der Waals surface area contributed by atoms with Gasteiger partial charge in [0.15, 0.2) is 0 Å². The molecule has 3 aromatic rings. The molecule has 6 nitrogen and oxygen atoms in total. The van der Waals surface area contributed by atoms with E-state index in [0.29, 0.717) is 19.5 Å². The topological polar surface area (TPSA) is 79.2 Å². The van der Waals surface area contributed by atoms with Crippen molar-refractivity contribution in [3.8, 4) is 5.69 Å². The smallest absolute Gasteiger partial charge is 0.240 e. The number of aliphatic hydroxyl groups is 1. The van der Waals surface area contributed by atoms with Gasteiger partial charge in [0.05, 0.1) is 18.0 Å². The summed E-state index contributed by atoms with van der Waals surface area (Å²) in [7, 11) is 0. The van der Waals surface area contributed by atoms with Gasteiger partial charge < -0.3 is 15.7 Å². The Kier molecular flexibility index (Phi) is 6.03. The van der Waals surface area contributed by atoms with Crippen LogP contribution in [0.4, 0.5) is 0 Å². The van der Waals surface area contributed by atoms with E-state index in [2.05, 4.69) is 46.2 Å². The van der Waals surface area contributed by atoms with Gasteiger partial charge in [0.1, 0.15) is 6.04 Å². The van der Waals surface area contributed by atoms with Crippen LogP contribution in [0, 0.1) is 0 Å². The highest BCUT2D eigenvalue weighted by molar-refractivity contribution is 5.82. The quantitative estimate of drug-likeness (QED) is 0.577. The third-order valence-electron chi connectivity index (χ3n) is 5.32. The van der Waals surface area contributed by atoms with Crippen molar-refractivity contribution in [1.82, 2.24) is 20.4 Å². The molecule has 0 unspecified atom stereocenters. The SMILES string of the molecule is O=C(NCc1ccc(-n2cc(CCc3ccccc3)cn2)cc1)[C@H]1NCC[C@@H]1O. The minimum Gasteiger partial charge on any atom is -0.391 e. The lowest BCUT2D eigenvalue weighted by atomic mass is 10.1. The van der Waals surface area contributed by atoms with E-state index in [4.69, 9.17) is 0 Å². The molecule has 0 spiro atoms. The Morgan fingerprint density at radius 3 is 2.55 bits per heavy atom. The van der Waals surface area contributed by atoms with Gasteiger partial charge in [-0.05, 0) is 54.6 Å². The summed E-state index contributed by atoms with van der Waals surface area (Å²) in [6, 6.07) is 17.9. The maximum Gasteiger partial charge on any atom is 0.240 e. The first kappa shape index (κ1) is 19.4. The zero-order chi connectivity index (χ0) is 20.1. The van der Waals surface area contributed by atoms with Crippen molar-refractivity contribution >= 4 is 5.91 Å². The van der Waals surface area contributed by atoms with Gasteiger partial charge in [-0.3, -0.25) is 4.79 Å². The van der Waals surface area contributed by atoms with Gasteiger partial charge in [-0.15, -0.1) is 0 Å². The van der Waals surface area contributed by atoms with Crippen LogP contribution >= 0.6 is 0 Å². The van der Waals surface area contributed by atoms with Gasteiger partial charge in [0, 0.05) is 12.7 Å². The van der Waals surface area contributed by atoms with Crippen LogP contribution in [0.2, 0.25) is 0 Å². The summed E-state index contributed by atoms with van der Waals surface area (Å²) in [5, 5.41) is 20.2. The van der Waals surface area contributed by atoms with E-state index >= 15 is 0 Å². The van der Waals surface area contributed by atoms with Crippen molar-refractivity contribution in [1.29, 1.82) is 0 Å². The molecule has 6 heteroatoms. The van der Waals surface area contributed by atoms with Crippen molar-refractivity contribution in [3.63, 3.8) is 0 Å². The summed E-state index contributed by atoms with van der Waals surface area (Å²) < 4.78 is 1.88. The molecule has 0 saturated carbocycles. The molecule has 0 radical (unpaired) electrons. The van der Waals surface area contributed by atoms with E-state index in [1.165, 1.54) is 11.1 Å². The van der Waals surface area contributed by atoms with Crippen LogP contribution in [0.3, 0.4) is 0 Å². The highest BCUT2D eigenvalue weighted by atomic mass is 16.3. The zero-order valence-corrected chi connectivity index (χ0v) is 16.3. The molecular formula is C23H26N4O2. The second-order valence-corrected chi connectivity index (χ2v) is 7.45. The van der Waals surface area contributed by atoms with Gasteiger partial charge >= 0.3 is 0 Å². The summed E-state index contributed by atoms with van der Waals surface area (Å²) in [6.07, 6.45) is 5.94. The number of carbonyl (C=O) groups is 1. The van der Waals surface area contributed by atoms with Crippen LogP contribution in [-0.4, -0.2) is 39.5 Å². The Bertz CT molecular complexity index is 937. The molecule has 2 aromatic carbocycles. The second kappa shape index (κ2) is 9.03. The molecule has 1 saturated heterocycles. The van der Waals surface area contributed by atoms with Crippen LogP contribution in [0.1, 0.15) is 23.1 Å². The molecular weight excluding hydrogens is 364 g/mol. The van der Waals surface area contributed by atoms with Crippen molar-refractivity contribution in [2.75, 3.05) is 6.54 Å². The summed E-state index contributed by atoms with van der Waals surface area (Å²) in [4.78, 5) is 12.1. The predicted molar refractivity (Wildman–Crippen MR) is 112 cm³/mol. The van der Waals surface area contributed by atoms with Gasteiger partial charge in [-0.1, -0.05) is 42.5 Å². The fourth-order valence-corrected chi connectivity index (χ4v) is 3.59. The monoisotopic (exact) mass is 390 g/mol. The number of rotatable bonds is 7. The van der Waals surface area contributed by atoms with Crippen LogP contribution in [0.15, 0.2) is 67.0 Å². The molecule has 1 aliphatic heterocycles. The Balaban J connectivity index is 1.31. The highest BCUT2D eigenvalue weighted by Crippen LogP contribution is 2.13. The highest BCUT2D eigenvalue weighted by Gasteiger charge is 2.30. The molecule has 0 aliphatic carbocycles. The molecule has 0 bridgehead atoms. The standard InChI is InChI=1S/C23H26N4O2/c28-21-12-13-24-22(21)23(29)25-14-18-8-10-20(11-9-18)27-16-19(15-26-27)7-6-17-4-2-1-3-5-17/h1-5,8-11,15-16,21-22,24,28H,6-7,12-14H2,(H,25,29)/t21-,22-/m0/s1. The van der Waals surface area contributed by atoms with Gasteiger partial charge in [0.2, 0.25) is 5.91 Å². The van der Waals surface area contributed by atoms with E-state index < -0.39 is 12.1 Å². The molecule has 29 heavy (non-hydrogen) atoms. The number of carbonyl (C=O) groups excluding carboxylic acids is 1. The molecule has 1 aliphatic rings. The predicted octanol–water partition coefficient (Wildman–Crippen LogP) is 2.00. The molecule has 2 heterocycles. The fourth-order valence-electron chi connectivity index (χ4n) is 3.59. The lowest BCUT2D eigenvalue weighted by Gasteiger charge is -2.14. The van der Waals surface area contributed by atoms with Gasteiger partial charge in [-0.2, -0.15) is 5.10 Å². The Labute approximate surface area is 170 Å².